The second kappa shape index (κ2) is 14.2. The first-order valence-corrected chi connectivity index (χ1v) is 9.94. The van der Waals surface area contributed by atoms with Crippen molar-refractivity contribution in [3.8, 4) is 0 Å². The largest absolute Gasteiger partial charge is 0.465 e. The molecule has 0 saturated carbocycles. The molecule has 1 aromatic rings. The van der Waals surface area contributed by atoms with E-state index in [1.54, 1.807) is 0 Å². The minimum absolute atomic E-state index is 0.0195. The molecule has 5 heteroatoms. The lowest BCUT2D eigenvalue weighted by molar-refractivity contribution is -0.122. The predicted octanol–water partition coefficient (Wildman–Crippen LogP) is 5.03. The Morgan fingerprint density at radius 2 is 1.50 bits per heavy atom. The van der Waals surface area contributed by atoms with E-state index in [2.05, 4.69) is 17.6 Å². The van der Waals surface area contributed by atoms with Crippen molar-refractivity contribution < 1.29 is 14.7 Å². The first-order chi connectivity index (χ1) is 12.6. The molecule has 0 aromatic heterocycles. The van der Waals surface area contributed by atoms with Gasteiger partial charge < -0.3 is 15.7 Å². The van der Waals surface area contributed by atoms with Crippen LogP contribution in [0.1, 0.15) is 82.7 Å². The average molecular weight is 363 g/mol. The van der Waals surface area contributed by atoms with Crippen LogP contribution in [-0.2, 0) is 4.79 Å². The molecule has 3 N–H and O–H groups in total. The van der Waals surface area contributed by atoms with Crippen LogP contribution in [0.15, 0.2) is 30.3 Å². The van der Waals surface area contributed by atoms with Crippen molar-refractivity contribution >= 4 is 12.0 Å². The maximum atomic E-state index is 12.2. The molecule has 1 atom stereocenters. The summed E-state index contributed by atoms with van der Waals surface area (Å²) in [5.41, 5.74) is 0.904. The summed E-state index contributed by atoms with van der Waals surface area (Å²) < 4.78 is 0. The number of carbonyl (C=O) groups excluding carboxylic acids is 1. The topological polar surface area (TPSA) is 78.4 Å². The molecule has 146 valence electrons. The number of hydrogen-bond donors (Lipinski definition) is 3. The van der Waals surface area contributed by atoms with Gasteiger partial charge in [-0.15, -0.1) is 0 Å². The van der Waals surface area contributed by atoms with E-state index in [4.69, 9.17) is 5.11 Å². The SMILES string of the molecule is CCCCCCCCCCCC(=O)N[C@H](CNC(=O)O)c1ccccc1. The van der Waals surface area contributed by atoms with Crippen molar-refractivity contribution in [3.05, 3.63) is 35.9 Å². The van der Waals surface area contributed by atoms with Crippen molar-refractivity contribution in [2.45, 2.75) is 77.2 Å². The van der Waals surface area contributed by atoms with Crippen LogP contribution < -0.4 is 10.6 Å². The zero-order valence-electron chi connectivity index (χ0n) is 16.0. The summed E-state index contributed by atoms with van der Waals surface area (Å²) in [5.74, 6) is -0.0195. The van der Waals surface area contributed by atoms with E-state index in [0.29, 0.717) is 6.42 Å². The third-order valence-electron chi connectivity index (χ3n) is 4.50. The summed E-state index contributed by atoms with van der Waals surface area (Å²) in [4.78, 5) is 22.9. The average Bonchev–Trinajstić information content (AvgIpc) is 2.64. The molecule has 0 bridgehead atoms. The van der Waals surface area contributed by atoms with Crippen LogP contribution in [0, 0.1) is 0 Å². The summed E-state index contributed by atoms with van der Waals surface area (Å²) >= 11 is 0. The molecular weight excluding hydrogens is 328 g/mol. The van der Waals surface area contributed by atoms with Crippen LogP contribution in [0.25, 0.3) is 0 Å². The maximum absolute atomic E-state index is 12.2. The molecule has 0 aliphatic carbocycles. The van der Waals surface area contributed by atoms with Crippen molar-refractivity contribution in [3.63, 3.8) is 0 Å². The van der Waals surface area contributed by atoms with Gasteiger partial charge in [-0.25, -0.2) is 4.79 Å². The molecule has 0 heterocycles. The van der Waals surface area contributed by atoms with Crippen molar-refractivity contribution in [1.82, 2.24) is 10.6 Å². The van der Waals surface area contributed by atoms with E-state index in [1.165, 1.54) is 44.9 Å². The van der Waals surface area contributed by atoms with Gasteiger partial charge in [0.05, 0.1) is 6.04 Å². The highest BCUT2D eigenvalue weighted by Crippen LogP contribution is 2.13. The fourth-order valence-electron chi connectivity index (χ4n) is 2.99. The maximum Gasteiger partial charge on any atom is 0.404 e. The quantitative estimate of drug-likeness (QED) is 0.406. The van der Waals surface area contributed by atoms with Crippen molar-refractivity contribution in [2.75, 3.05) is 6.54 Å². The highest BCUT2D eigenvalue weighted by Gasteiger charge is 2.15. The Balaban J connectivity index is 2.24. The van der Waals surface area contributed by atoms with Gasteiger partial charge in [0.2, 0.25) is 5.91 Å². The van der Waals surface area contributed by atoms with Crippen LogP contribution in [0.5, 0.6) is 0 Å². The lowest BCUT2D eigenvalue weighted by atomic mass is 10.1. The van der Waals surface area contributed by atoms with Gasteiger partial charge in [-0.3, -0.25) is 4.79 Å². The smallest absolute Gasteiger partial charge is 0.404 e. The van der Waals surface area contributed by atoms with Crippen molar-refractivity contribution in [1.29, 1.82) is 0 Å². The Hall–Kier alpha value is -2.04. The number of unbranched alkanes of at least 4 members (excludes halogenated alkanes) is 8. The molecule has 0 unspecified atom stereocenters. The highest BCUT2D eigenvalue weighted by molar-refractivity contribution is 5.76. The van der Waals surface area contributed by atoms with E-state index in [1.807, 2.05) is 30.3 Å². The van der Waals surface area contributed by atoms with Gasteiger partial charge in [0.25, 0.3) is 0 Å². The fourth-order valence-corrected chi connectivity index (χ4v) is 2.99. The number of carbonyl (C=O) groups is 2. The third-order valence-corrected chi connectivity index (χ3v) is 4.50. The summed E-state index contributed by atoms with van der Waals surface area (Å²) in [5, 5.41) is 14.1. The normalized spacial score (nSPS) is 11.7. The Morgan fingerprint density at radius 1 is 0.923 bits per heavy atom. The van der Waals surface area contributed by atoms with E-state index < -0.39 is 6.09 Å². The summed E-state index contributed by atoms with van der Waals surface area (Å²) in [6.07, 6.45) is 10.4. The zero-order valence-corrected chi connectivity index (χ0v) is 16.0. The van der Waals surface area contributed by atoms with E-state index >= 15 is 0 Å². The van der Waals surface area contributed by atoms with Gasteiger partial charge in [-0.1, -0.05) is 88.6 Å². The molecule has 0 aliphatic heterocycles. The van der Waals surface area contributed by atoms with Gasteiger partial charge >= 0.3 is 6.09 Å². The van der Waals surface area contributed by atoms with Crippen LogP contribution in [0.2, 0.25) is 0 Å². The fraction of sp³-hybridized carbons (Fsp3) is 0.619. The van der Waals surface area contributed by atoms with Crippen molar-refractivity contribution in [2.24, 2.45) is 0 Å². The Labute approximate surface area is 157 Å². The Kier molecular flexibility index (Phi) is 12.0. The number of nitrogens with one attached hydrogen (secondary N) is 2. The van der Waals surface area contributed by atoms with E-state index in [-0.39, 0.29) is 18.5 Å². The molecule has 1 aromatic carbocycles. The third kappa shape index (κ3) is 10.7. The number of benzene rings is 1. The van der Waals surface area contributed by atoms with E-state index in [9.17, 15) is 9.59 Å². The first-order valence-electron chi connectivity index (χ1n) is 9.94. The predicted molar refractivity (Wildman–Crippen MR) is 105 cm³/mol. The molecule has 26 heavy (non-hydrogen) atoms. The lowest BCUT2D eigenvalue weighted by Gasteiger charge is -2.19. The standard InChI is InChI=1S/C21H34N2O3/c1-2-3-4-5-6-7-8-9-13-16-20(24)23-19(17-22-21(25)26)18-14-11-10-12-15-18/h10-12,14-15,19,22H,2-9,13,16-17H2,1H3,(H,23,24)(H,25,26)/t19-/m1/s1. The molecular formula is C21H34N2O3. The minimum atomic E-state index is -1.08. The highest BCUT2D eigenvalue weighted by atomic mass is 16.4. The van der Waals surface area contributed by atoms with Gasteiger partial charge in [0.1, 0.15) is 0 Å². The molecule has 1 rings (SSSR count). The second-order valence-electron chi connectivity index (χ2n) is 6.80. The monoisotopic (exact) mass is 362 g/mol. The number of rotatable bonds is 14. The number of hydrogen-bond acceptors (Lipinski definition) is 2. The Morgan fingerprint density at radius 3 is 2.08 bits per heavy atom. The van der Waals surface area contributed by atoms with Gasteiger partial charge in [-0.05, 0) is 12.0 Å². The molecule has 0 aliphatic rings. The van der Waals surface area contributed by atoms with Gasteiger partial charge in [-0.2, -0.15) is 0 Å². The molecule has 0 saturated heterocycles. The summed E-state index contributed by atoms with van der Waals surface area (Å²) in [7, 11) is 0. The molecule has 5 nitrogen and oxygen atoms in total. The molecule has 0 fully saturated rings. The molecule has 0 spiro atoms. The van der Waals surface area contributed by atoms with E-state index in [0.717, 1.165) is 18.4 Å². The Bertz CT molecular complexity index is 505. The van der Waals surface area contributed by atoms with Crippen LogP contribution in [-0.4, -0.2) is 23.7 Å². The zero-order chi connectivity index (χ0) is 19.0. The first kappa shape index (κ1) is 22.0. The van der Waals surface area contributed by atoms with Crippen LogP contribution in [0.3, 0.4) is 0 Å². The minimum Gasteiger partial charge on any atom is -0.465 e. The van der Waals surface area contributed by atoms with Gasteiger partial charge in [0, 0.05) is 13.0 Å². The molecule has 0 radical (unpaired) electrons. The summed E-state index contributed by atoms with van der Waals surface area (Å²) in [6, 6.07) is 9.12. The number of amides is 2. The van der Waals surface area contributed by atoms with Crippen LogP contribution in [0.4, 0.5) is 4.79 Å². The molecule has 2 amide bonds. The number of carboxylic acid groups (broad SMARTS) is 1. The second-order valence-corrected chi connectivity index (χ2v) is 6.80. The van der Waals surface area contributed by atoms with Gasteiger partial charge in [0.15, 0.2) is 0 Å². The van der Waals surface area contributed by atoms with Crippen LogP contribution >= 0.6 is 0 Å². The lowest BCUT2D eigenvalue weighted by Crippen LogP contribution is -2.37. The summed E-state index contributed by atoms with van der Waals surface area (Å²) in [6.45, 7) is 2.40.